The van der Waals surface area contributed by atoms with Crippen molar-refractivity contribution in [3.63, 3.8) is 0 Å². The normalized spacial score (nSPS) is 20.4. The second kappa shape index (κ2) is 8.59. The van der Waals surface area contributed by atoms with Crippen molar-refractivity contribution in [1.29, 1.82) is 0 Å². The first-order valence-electron chi connectivity index (χ1n) is 10.0. The van der Waals surface area contributed by atoms with Crippen LogP contribution in [-0.4, -0.2) is 33.8 Å². The van der Waals surface area contributed by atoms with Crippen LogP contribution in [0, 0.1) is 19.8 Å². The van der Waals surface area contributed by atoms with Crippen LogP contribution >= 0.6 is 0 Å². The van der Waals surface area contributed by atoms with Crippen molar-refractivity contribution in [3.05, 3.63) is 47.3 Å². The monoisotopic (exact) mass is 383 g/mol. The molecule has 6 nitrogen and oxygen atoms in total. The summed E-state index contributed by atoms with van der Waals surface area (Å²) in [5.41, 5.74) is 2.57. The first kappa shape index (κ1) is 20.1. The van der Waals surface area contributed by atoms with Gasteiger partial charge in [-0.2, -0.15) is 5.10 Å². The fraction of sp³-hybridized carbons (Fsp3) is 0.500. The lowest BCUT2D eigenvalue weighted by Crippen LogP contribution is -2.46. The van der Waals surface area contributed by atoms with E-state index in [0.717, 1.165) is 24.9 Å². The Labute approximate surface area is 166 Å². The van der Waals surface area contributed by atoms with Crippen molar-refractivity contribution in [2.24, 2.45) is 5.92 Å². The first-order chi connectivity index (χ1) is 13.4. The Hall–Kier alpha value is -2.63. The molecule has 1 aromatic heterocycles. The Bertz CT molecular complexity index is 844. The maximum absolute atomic E-state index is 12.7. The third kappa shape index (κ3) is 4.26. The van der Waals surface area contributed by atoms with Crippen LogP contribution in [0.25, 0.3) is 5.69 Å². The Morgan fingerprint density at radius 1 is 1.18 bits per heavy atom. The topological polar surface area (TPSA) is 73.2 Å². The molecule has 1 amide bonds. The van der Waals surface area contributed by atoms with Crippen LogP contribution < -0.4 is 5.32 Å². The van der Waals surface area contributed by atoms with Gasteiger partial charge in [-0.15, -0.1) is 0 Å². The highest BCUT2D eigenvalue weighted by Gasteiger charge is 2.28. The fourth-order valence-electron chi connectivity index (χ4n) is 3.86. The molecule has 3 rings (SSSR count). The van der Waals surface area contributed by atoms with Gasteiger partial charge in [-0.05, 0) is 51.7 Å². The second-order valence-corrected chi connectivity index (χ2v) is 7.72. The van der Waals surface area contributed by atoms with E-state index in [1.165, 1.54) is 6.42 Å². The molecule has 28 heavy (non-hydrogen) atoms. The van der Waals surface area contributed by atoms with Gasteiger partial charge in [0, 0.05) is 6.04 Å². The number of nitrogens with zero attached hydrogens (tertiary/aromatic N) is 2. The molecule has 1 aliphatic carbocycles. The van der Waals surface area contributed by atoms with Crippen LogP contribution in [0.1, 0.15) is 61.3 Å². The molecule has 1 N–H and O–H groups in total. The summed E-state index contributed by atoms with van der Waals surface area (Å²) in [6, 6.07) is 9.78. The number of hydrogen-bond donors (Lipinski definition) is 1. The smallest absolute Gasteiger partial charge is 0.342 e. The van der Waals surface area contributed by atoms with E-state index < -0.39 is 12.1 Å². The van der Waals surface area contributed by atoms with E-state index >= 15 is 0 Å². The molecule has 0 bridgehead atoms. The Morgan fingerprint density at radius 3 is 2.54 bits per heavy atom. The molecule has 1 saturated carbocycles. The molecule has 1 aromatic carbocycles. The van der Waals surface area contributed by atoms with E-state index in [9.17, 15) is 9.59 Å². The van der Waals surface area contributed by atoms with Crippen LogP contribution in [0.3, 0.4) is 0 Å². The van der Waals surface area contributed by atoms with Crippen molar-refractivity contribution in [3.8, 4) is 5.69 Å². The highest BCUT2D eigenvalue weighted by atomic mass is 16.5. The summed E-state index contributed by atoms with van der Waals surface area (Å²) in [4.78, 5) is 25.3. The lowest BCUT2D eigenvalue weighted by molar-refractivity contribution is -0.130. The molecule has 0 unspecified atom stereocenters. The first-order valence-corrected chi connectivity index (χ1v) is 10.0. The van der Waals surface area contributed by atoms with Gasteiger partial charge in [0.25, 0.3) is 5.91 Å². The summed E-state index contributed by atoms with van der Waals surface area (Å²) in [5, 5.41) is 7.52. The Balaban J connectivity index is 1.69. The van der Waals surface area contributed by atoms with Crippen molar-refractivity contribution in [1.82, 2.24) is 15.1 Å². The predicted octanol–water partition coefficient (Wildman–Crippen LogP) is 3.73. The standard InChI is InChI=1S/C22H29N3O3/c1-14-10-8-9-13-19(14)23-21(26)17(4)28-22(27)20-15(2)24-25(16(20)3)18-11-6-5-7-12-18/h5-7,11-12,14,17,19H,8-10,13H2,1-4H3,(H,23,26)/t14-,17+,19+/m0/s1. The van der Waals surface area contributed by atoms with Gasteiger partial charge >= 0.3 is 5.97 Å². The molecule has 0 radical (unpaired) electrons. The summed E-state index contributed by atoms with van der Waals surface area (Å²) in [6.07, 6.45) is 3.59. The van der Waals surface area contributed by atoms with Crippen LogP contribution in [0.5, 0.6) is 0 Å². The van der Waals surface area contributed by atoms with Crippen molar-refractivity contribution in [2.75, 3.05) is 0 Å². The number of carbonyl (C=O) groups excluding carboxylic acids is 2. The van der Waals surface area contributed by atoms with Gasteiger partial charge in [-0.1, -0.05) is 38.0 Å². The van der Waals surface area contributed by atoms with Gasteiger partial charge in [0.15, 0.2) is 6.10 Å². The molecule has 1 heterocycles. The molecule has 3 atom stereocenters. The number of rotatable bonds is 5. The summed E-state index contributed by atoms with van der Waals surface area (Å²) in [7, 11) is 0. The zero-order chi connectivity index (χ0) is 20.3. The van der Waals surface area contributed by atoms with Gasteiger partial charge in [0.1, 0.15) is 5.56 Å². The molecule has 6 heteroatoms. The lowest BCUT2D eigenvalue weighted by atomic mass is 9.86. The number of aromatic nitrogens is 2. The van der Waals surface area contributed by atoms with Gasteiger partial charge in [0.2, 0.25) is 0 Å². The number of carbonyl (C=O) groups is 2. The zero-order valence-corrected chi connectivity index (χ0v) is 17.1. The number of nitrogens with one attached hydrogen (secondary N) is 1. The van der Waals surface area contributed by atoms with Crippen LogP contribution in [-0.2, 0) is 9.53 Å². The molecule has 1 fully saturated rings. The number of amides is 1. The maximum atomic E-state index is 12.7. The Kier molecular flexibility index (Phi) is 6.17. The second-order valence-electron chi connectivity index (χ2n) is 7.72. The van der Waals surface area contributed by atoms with E-state index in [4.69, 9.17) is 4.74 Å². The average Bonchev–Trinajstić information content (AvgIpc) is 2.98. The van der Waals surface area contributed by atoms with Crippen LogP contribution in [0.2, 0.25) is 0 Å². The largest absolute Gasteiger partial charge is 0.449 e. The summed E-state index contributed by atoms with van der Waals surface area (Å²) >= 11 is 0. The van der Waals surface area contributed by atoms with E-state index in [1.807, 2.05) is 37.3 Å². The number of aryl methyl sites for hydroxylation is 1. The maximum Gasteiger partial charge on any atom is 0.342 e. The minimum atomic E-state index is -0.847. The van der Waals surface area contributed by atoms with Gasteiger partial charge in [-0.3, -0.25) is 4.79 Å². The zero-order valence-electron chi connectivity index (χ0n) is 17.1. The van der Waals surface area contributed by atoms with Gasteiger partial charge in [0.05, 0.1) is 17.1 Å². The highest BCUT2D eigenvalue weighted by Crippen LogP contribution is 2.24. The summed E-state index contributed by atoms with van der Waals surface area (Å²) < 4.78 is 7.20. The van der Waals surface area contributed by atoms with Gasteiger partial charge < -0.3 is 10.1 Å². The number of ether oxygens (including phenoxy) is 1. The van der Waals surface area contributed by atoms with E-state index in [1.54, 1.807) is 18.5 Å². The van der Waals surface area contributed by atoms with Crippen LogP contribution in [0.15, 0.2) is 30.3 Å². The summed E-state index contributed by atoms with van der Waals surface area (Å²) in [5.74, 6) is -0.302. The lowest BCUT2D eigenvalue weighted by Gasteiger charge is -2.30. The van der Waals surface area contributed by atoms with Crippen molar-refractivity contribution >= 4 is 11.9 Å². The van der Waals surface area contributed by atoms with E-state index in [-0.39, 0.29) is 11.9 Å². The van der Waals surface area contributed by atoms with E-state index in [2.05, 4.69) is 17.3 Å². The molecule has 0 spiro atoms. The molecule has 0 aliphatic heterocycles. The molecule has 2 aromatic rings. The third-order valence-corrected chi connectivity index (χ3v) is 5.59. The highest BCUT2D eigenvalue weighted by molar-refractivity contribution is 5.94. The van der Waals surface area contributed by atoms with Crippen molar-refractivity contribution in [2.45, 2.75) is 65.5 Å². The average molecular weight is 383 g/mol. The third-order valence-electron chi connectivity index (χ3n) is 5.59. The van der Waals surface area contributed by atoms with Crippen LogP contribution in [0.4, 0.5) is 0 Å². The van der Waals surface area contributed by atoms with E-state index in [0.29, 0.717) is 22.9 Å². The number of para-hydroxylation sites is 1. The fourth-order valence-corrected chi connectivity index (χ4v) is 3.86. The SMILES string of the molecule is Cc1nn(-c2ccccc2)c(C)c1C(=O)O[C@H](C)C(=O)N[C@@H]1CCCC[C@@H]1C. The summed E-state index contributed by atoms with van der Waals surface area (Å²) in [6.45, 7) is 7.38. The van der Waals surface area contributed by atoms with Gasteiger partial charge in [-0.25, -0.2) is 9.48 Å². The minimum absolute atomic E-state index is 0.159. The number of benzene rings is 1. The molecular formula is C22H29N3O3. The molecular weight excluding hydrogens is 354 g/mol. The minimum Gasteiger partial charge on any atom is -0.449 e. The molecule has 1 aliphatic rings. The van der Waals surface area contributed by atoms with Crippen molar-refractivity contribution < 1.29 is 14.3 Å². The molecule has 0 saturated heterocycles. The number of hydrogen-bond acceptors (Lipinski definition) is 4. The Morgan fingerprint density at radius 2 is 1.86 bits per heavy atom. The quantitative estimate of drug-likeness (QED) is 0.799. The predicted molar refractivity (Wildman–Crippen MR) is 107 cm³/mol. The molecule has 150 valence electrons. The number of esters is 1.